The summed E-state index contributed by atoms with van der Waals surface area (Å²) < 4.78 is 2.03. The SMILES string of the molecule is CCc1ccc(C(C)NC(=O)CN2CCNCC2c2nccn2C)cc1.Cl. The lowest BCUT2D eigenvalue weighted by atomic mass is 10.0. The summed E-state index contributed by atoms with van der Waals surface area (Å²) in [7, 11) is 2.00. The molecule has 1 saturated heterocycles. The summed E-state index contributed by atoms with van der Waals surface area (Å²) in [6, 6.07) is 8.59. The summed E-state index contributed by atoms with van der Waals surface area (Å²) in [6.45, 7) is 7.11. The Morgan fingerprint density at radius 1 is 1.37 bits per heavy atom. The highest BCUT2D eigenvalue weighted by Gasteiger charge is 2.28. The first-order valence-corrected chi connectivity index (χ1v) is 9.38. The van der Waals surface area contributed by atoms with Crippen molar-refractivity contribution in [3.05, 3.63) is 53.6 Å². The predicted molar refractivity (Wildman–Crippen MR) is 110 cm³/mol. The van der Waals surface area contributed by atoms with Crippen LogP contribution in [0.25, 0.3) is 0 Å². The third-order valence-corrected chi connectivity index (χ3v) is 5.12. The smallest absolute Gasteiger partial charge is 0.234 e. The molecular weight excluding hydrogens is 362 g/mol. The number of hydrogen-bond acceptors (Lipinski definition) is 4. The second kappa shape index (κ2) is 9.88. The van der Waals surface area contributed by atoms with Gasteiger partial charge in [0.15, 0.2) is 0 Å². The molecule has 27 heavy (non-hydrogen) atoms. The number of imidazole rings is 1. The van der Waals surface area contributed by atoms with Crippen molar-refractivity contribution < 1.29 is 4.79 Å². The fraction of sp³-hybridized carbons (Fsp3) is 0.500. The molecule has 6 nitrogen and oxygen atoms in total. The van der Waals surface area contributed by atoms with Gasteiger partial charge in [-0.1, -0.05) is 31.2 Å². The van der Waals surface area contributed by atoms with Gasteiger partial charge in [0.05, 0.1) is 18.6 Å². The van der Waals surface area contributed by atoms with Gasteiger partial charge in [0.1, 0.15) is 5.82 Å². The first-order valence-electron chi connectivity index (χ1n) is 9.38. The van der Waals surface area contributed by atoms with Crippen LogP contribution in [0.15, 0.2) is 36.7 Å². The number of amides is 1. The number of carbonyl (C=O) groups excluding carboxylic acids is 1. The van der Waals surface area contributed by atoms with Gasteiger partial charge < -0.3 is 15.2 Å². The lowest BCUT2D eigenvalue weighted by Gasteiger charge is -2.35. The Balaban J connectivity index is 0.00000261. The molecule has 2 unspecified atom stereocenters. The van der Waals surface area contributed by atoms with E-state index < -0.39 is 0 Å². The van der Waals surface area contributed by atoms with Crippen LogP contribution in [0, 0.1) is 0 Å². The van der Waals surface area contributed by atoms with Gasteiger partial charge in [-0.25, -0.2) is 4.98 Å². The first kappa shape index (κ1) is 21.4. The molecule has 1 aliphatic heterocycles. The summed E-state index contributed by atoms with van der Waals surface area (Å²) in [5.41, 5.74) is 2.45. The van der Waals surface area contributed by atoms with Crippen LogP contribution in [0.4, 0.5) is 0 Å². The molecule has 0 aliphatic carbocycles. The molecule has 2 heterocycles. The van der Waals surface area contributed by atoms with Gasteiger partial charge in [0, 0.05) is 39.1 Å². The molecule has 1 fully saturated rings. The molecule has 0 spiro atoms. The number of piperazine rings is 1. The van der Waals surface area contributed by atoms with E-state index >= 15 is 0 Å². The van der Waals surface area contributed by atoms with Crippen molar-refractivity contribution in [3.8, 4) is 0 Å². The van der Waals surface area contributed by atoms with E-state index in [1.807, 2.05) is 30.9 Å². The topological polar surface area (TPSA) is 62.2 Å². The zero-order valence-electron chi connectivity index (χ0n) is 16.3. The van der Waals surface area contributed by atoms with E-state index in [4.69, 9.17) is 0 Å². The van der Waals surface area contributed by atoms with Crippen LogP contribution in [0.5, 0.6) is 0 Å². The van der Waals surface area contributed by atoms with Gasteiger partial charge in [-0.2, -0.15) is 0 Å². The van der Waals surface area contributed by atoms with Crippen LogP contribution in [0.2, 0.25) is 0 Å². The summed E-state index contributed by atoms with van der Waals surface area (Å²) >= 11 is 0. The van der Waals surface area contributed by atoms with Gasteiger partial charge in [-0.15, -0.1) is 12.4 Å². The van der Waals surface area contributed by atoms with E-state index in [-0.39, 0.29) is 30.4 Å². The number of carbonyl (C=O) groups is 1. The summed E-state index contributed by atoms with van der Waals surface area (Å²) in [4.78, 5) is 19.3. The van der Waals surface area contributed by atoms with Crippen LogP contribution >= 0.6 is 12.4 Å². The first-order chi connectivity index (χ1) is 12.6. The summed E-state index contributed by atoms with van der Waals surface area (Å²) in [6.07, 6.45) is 4.78. The molecule has 7 heteroatoms. The van der Waals surface area contributed by atoms with Gasteiger partial charge >= 0.3 is 0 Å². The van der Waals surface area contributed by atoms with Crippen molar-refractivity contribution in [3.63, 3.8) is 0 Å². The largest absolute Gasteiger partial charge is 0.348 e. The van der Waals surface area contributed by atoms with Crippen molar-refractivity contribution in [1.29, 1.82) is 0 Å². The van der Waals surface area contributed by atoms with E-state index in [1.165, 1.54) is 5.56 Å². The maximum Gasteiger partial charge on any atom is 0.234 e. The highest BCUT2D eigenvalue weighted by molar-refractivity contribution is 5.85. The number of nitrogens with zero attached hydrogens (tertiary/aromatic N) is 3. The van der Waals surface area contributed by atoms with Crippen LogP contribution in [0.1, 0.15) is 42.9 Å². The van der Waals surface area contributed by atoms with E-state index in [2.05, 4.69) is 51.7 Å². The van der Waals surface area contributed by atoms with E-state index in [1.54, 1.807) is 0 Å². The molecule has 2 atom stereocenters. The van der Waals surface area contributed by atoms with E-state index in [9.17, 15) is 4.79 Å². The molecular formula is C20H30ClN5O. The number of halogens is 1. The Bertz CT molecular complexity index is 730. The number of hydrogen-bond donors (Lipinski definition) is 2. The van der Waals surface area contributed by atoms with Crippen molar-refractivity contribution in [2.75, 3.05) is 26.2 Å². The number of benzene rings is 1. The van der Waals surface area contributed by atoms with Gasteiger partial charge in [-0.05, 0) is 24.5 Å². The number of nitrogens with one attached hydrogen (secondary N) is 2. The van der Waals surface area contributed by atoms with Crippen molar-refractivity contribution in [2.45, 2.75) is 32.4 Å². The maximum atomic E-state index is 12.6. The van der Waals surface area contributed by atoms with Crippen LogP contribution < -0.4 is 10.6 Å². The molecule has 2 N–H and O–H groups in total. The average Bonchev–Trinajstić information content (AvgIpc) is 3.08. The van der Waals surface area contributed by atoms with Crippen LogP contribution in [0.3, 0.4) is 0 Å². The maximum absolute atomic E-state index is 12.6. The third-order valence-electron chi connectivity index (χ3n) is 5.12. The van der Waals surface area contributed by atoms with Gasteiger partial charge in [0.2, 0.25) is 5.91 Å². The Morgan fingerprint density at radius 2 is 2.11 bits per heavy atom. The second-order valence-corrected chi connectivity index (χ2v) is 6.97. The van der Waals surface area contributed by atoms with Gasteiger partial charge in [-0.3, -0.25) is 9.69 Å². The molecule has 1 aliphatic rings. The molecule has 1 amide bonds. The molecule has 0 bridgehead atoms. The van der Waals surface area contributed by atoms with E-state index in [0.717, 1.165) is 37.4 Å². The van der Waals surface area contributed by atoms with Crippen molar-refractivity contribution in [1.82, 2.24) is 25.1 Å². The molecule has 2 aromatic rings. The van der Waals surface area contributed by atoms with Crippen molar-refractivity contribution in [2.24, 2.45) is 7.05 Å². The zero-order chi connectivity index (χ0) is 18.5. The van der Waals surface area contributed by atoms with Crippen LogP contribution in [-0.4, -0.2) is 46.5 Å². The molecule has 0 saturated carbocycles. The number of aryl methyl sites for hydroxylation is 2. The molecule has 1 aromatic carbocycles. The lowest BCUT2D eigenvalue weighted by Crippen LogP contribution is -2.50. The monoisotopic (exact) mass is 391 g/mol. The standard InChI is InChI=1S/C20H29N5O.ClH/c1-4-16-5-7-17(8-6-16)15(2)23-19(26)14-25-12-9-21-13-18(25)20-22-10-11-24(20)3;/h5-8,10-11,15,18,21H,4,9,12-14H2,1-3H3,(H,23,26);1H. The minimum atomic E-state index is 0. The molecule has 0 radical (unpaired) electrons. The Hall–Kier alpha value is -1.89. The summed E-state index contributed by atoms with van der Waals surface area (Å²) in [5, 5.41) is 6.54. The minimum absolute atomic E-state index is 0. The second-order valence-electron chi connectivity index (χ2n) is 6.97. The highest BCUT2D eigenvalue weighted by atomic mass is 35.5. The number of aromatic nitrogens is 2. The third kappa shape index (κ3) is 5.31. The fourth-order valence-corrected chi connectivity index (χ4v) is 3.49. The molecule has 148 valence electrons. The Kier molecular flexibility index (Phi) is 7.83. The normalized spacial score (nSPS) is 18.6. The fourth-order valence-electron chi connectivity index (χ4n) is 3.49. The minimum Gasteiger partial charge on any atom is -0.348 e. The average molecular weight is 392 g/mol. The van der Waals surface area contributed by atoms with Gasteiger partial charge in [0.25, 0.3) is 0 Å². The quantitative estimate of drug-likeness (QED) is 0.792. The van der Waals surface area contributed by atoms with Crippen molar-refractivity contribution >= 4 is 18.3 Å². The van der Waals surface area contributed by atoms with E-state index in [0.29, 0.717) is 6.54 Å². The van der Waals surface area contributed by atoms with Crippen LogP contribution in [-0.2, 0) is 18.3 Å². The summed E-state index contributed by atoms with van der Waals surface area (Å²) in [5.74, 6) is 1.05. The number of rotatable bonds is 6. The lowest BCUT2D eigenvalue weighted by molar-refractivity contribution is -0.123. The molecule has 3 rings (SSSR count). The molecule has 1 aromatic heterocycles. The predicted octanol–water partition coefficient (Wildman–Crippen LogP) is 2.23. The Morgan fingerprint density at radius 3 is 2.74 bits per heavy atom. The highest BCUT2D eigenvalue weighted by Crippen LogP contribution is 2.20. The zero-order valence-corrected chi connectivity index (χ0v) is 17.1. The Labute approximate surface area is 167 Å².